The van der Waals surface area contributed by atoms with Gasteiger partial charge in [-0.3, -0.25) is 14.4 Å². The van der Waals surface area contributed by atoms with Crippen LogP contribution in [-0.2, 0) is 20.8 Å². The second kappa shape index (κ2) is 14.0. The highest BCUT2D eigenvalue weighted by Crippen LogP contribution is 2.34. The van der Waals surface area contributed by atoms with Gasteiger partial charge in [-0.1, -0.05) is 19.1 Å². The number of nitrogens with one attached hydrogen (secondary N) is 4. The van der Waals surface area contributed by atoms with Gasteiger partial charge in [-0.05, 0) is 63.1 Å². The molecule has 0 aliphatic carbocycles. The van der Waals surface area contributed by atoms with E-state index < -0.39 is 24.0 Å². The summed E-state index contributed by atoms with van der Waals surface area (Å²) in [6.45, 7) is 4.77. The molecule has 5 atom stereocenters. The van der Waals surface area contributed by atoms with Crippen LogP contribution in [0.15, 0.2) is 24.3 Å². The third-order valence-electron chi connectivity index (χ3n) is 7.48. The lowest BCUT2D eigenvalue weighted by Gasteiger charge is -2.32. The van der Waals surface area contributed by atoms with Crippen LogP contribution in [0.4, 0.5) is 4.79 Å². The third kappa shape index (κ3) is 7.37. The van der Waals surface area contributed by atoms with E-state index in [4.69, 9.17) is 10.5 Å². The zero-order valence-corrected chi connectivity index (χ0v) is 22.6. The summed E-state index contributed by atoms with van der Waals surface area (Å²) >= 11 is 0. The second-order valence-corrected chi connectivity index (χ2v) is 9.96. The Morgan fingerprint density at radius 3 is 2.42 bits per heavy atom. The highest BCUT2D eigenvalue weighted by atomic mass is 16.5. The number of urea groups is 1. The molecule has 0 aromatic heterocycles. The van der Waals surface area contributed by atoms with E-state index >= 15 is 0 Å². The van der Waals surface area contributed by atoms with Crippen LogP contribution in [0.2, 0.25) is 0 Å². The summed E-state index contributed by atoms with van der Waals surface area (Å²) in [6.07, 6.45) is 3.68. The van der Waals surface area contributed by atoms with Gasteiger partial charge in [0.1, 0.15) is 17.8 Å². The first-order valence-corrected chi connectivity index (χ1v) is 13.6. The molecule has 3 rings (SSSR count). The predicted molar refractivity (Wildman–Crippen MR) is 143 cm³/mol. The lowest BCUT2D eigenvalue weighted by Crippen LogP contribution is -2.59. The quantitative estimate of drug-likeness (QED) is 0.283. The lowest BCUT2D eigenvalue weighted by atomic mass is 9.92. The average Bonchev–Trinajstić information content (AvgIpc) is 3.30. The first-order chi connectivity index (χ1) is 18.3. The molecule has 6 N–H and O–H groups in total. The van der Waals surface area contributed by atoms with Crippen LogP contribution in [0.3, 0.4) is 0 Å². The summed E-state index contributed by atoms with van der Waals surface area (Å²) in [6, 6.07) is 5.04. The van der Waals surface area contributed by atoms with Gasteiger partial charge in [0.25, 0.3) is 0 Å². The second-order valence-electron chi connectivity index (χ2n) is 9.96. The SMILES string of the molecule is CCNC(=O)NC[C@H]1CC[C@H]2CC[C@@H](C(=O)NCCc3ccc(OC)cc3)N2C(=O)[C@H]1NC(=O)[C@@H](N)CC. The van der Waals surface area contributed by atoms with Gasteiger partial charge in [-0.15, -0.1) is 0 Å². The van der Waals surface area contributed by atoms with Crippen molar-refractivity contribution in [1.82, 2.24) is 26.2 Å². The molecular weight excluding hydrogens is 488 g/mol. The van der Waals surface area contributed by atoms with Crippen molar-refractivity contribution in [3.05, 3.63) is 29.8 Å². The first kappa shape index (κ1) is 29.2. The Hall–Kier alpha value is -3.34. The van der Waals surface area contributed by atoms with Crippen molar-refractivity contribution < 1.29 is 23.9 Å². The molecule has 0 saturated carbocycles. The highest BCUT2D eigenvalue weighted by Gasteiger charge is 2.47. The van der Waals surface area contributed by atoms with Crippen molar-refractivity contribution in [3.8, 4) is 5.75 Å². The standard InChI is InChI=1S/C27H42N6O5/c1-4-21(28)24(34)32-23-18(16-31-27(37)29-5-2)8-9-19-10-13-22(33(19)26(23)36)25(35)30-15-14-17-6-11-20(38-3)12-7-17/h6-7,11-12,18-19,21-23H,4-5,8-10,13-16,28H2,1-3H3,(H,30,35)(H,32,34)(H2,29,31,37)/t18-,19+,21+,22+,23+/m1/s1. The largest absolute Gasteiger partial charge is 0.497 e. The molecule has 11 heteroatoms. The van der Waals surface area contributed by atoms with E-state index in [1.54, 1.807) is 18.9 Å². The lowest BCUT2D eigenvalue weighted by molar-refractivity contribution is -0.143. The van der Waals surface area contributed by atoms with Crippen molar-refractivity contribution >= 4 is 23.8 Å². The molecule has 11 nitrogen and oxygen atoms in total. The summed E-state index contributed by atoms with van der Waals surface area (Å²) < 4.78 is 5.18. The Morgan fingerprint density at radius 2 is 1.76 bits per heavy atom. The zero-order valence-electron chi connectivity index (χ0n) is 22.6. The topological polar surface area (TPSA) is 155 Å². The van der Waals surface area contributed by atoms with Crippen molar-refractivity contribution in [3.63, 3.8) is 0 Å². The molecule has 0 unspecified atom stereocenters. The maximum atomic E-state index is 13.9. The minimum Gasteiger partial charge on any atom is -0.497 e. The van der Waals surface area contributed by atoms with E-state index in [2.05, 4.69) is 21.3 Å². The molecule has 210 valence electrons. The maximum absolute atomic E-state index is 13.9. The highest BCUT2D eigenvalue weighted by molar-refractivity contribution is 5.94. The molecule has 2 fully saturated rings. The number of fused-ring (bicyclic) bond motifs is 1. The van der Waals surface area contributed by atoms with Crippen molar-refractivity contribution in [2.24, 2.45) is 11.7 Å². The fourth-order valence-corrected chi connectivity index (χ4v) is 5.22. The summed E-state index contributed by atoms with van der Waals surface area (Å²) in [5, 5.41) is 11.3. The Balaban J connectivity index is 1.69. The molecule has 1 aromatic rings. The van der Waals surface area contributed by atoms with Gasteiger partial charge in [0.2, 0.25) is 17.7 Å². The number of nitrogens with zero attached hydrogens (tertiary/aromatic N) is 1. The van der Waals surface area contributed by atoms with Crippen LogP contribution in [0.1, 0.15) is 51.5 Å². The smallest absolute Gasteiger partial charge is 0.314 e. The van der Waals surface area contributed by atoms with Gasteiger partial charge in [-0.25, -0.2) is 4.79 Å². The van der Waals surface area contributed by atoms with Gasteiger partial charge in [0.05, 0.1) is 13.2 Å². The number of hydrogen-bond acceptors (Lipinski definition) is 6. The van der Waals surface area contributed by atoms with E-state index in [-0.39, 0.29) is 36.3 Å². The van der Waals surface area contributed by atoms with Crippen LogP contribution in [-0.4, -0.2) is 79.6 Å². The molecule has 38 heavy (non-hydrogen) atoms. The van der Waals surface area contributed by atoms with E-state index in [9.17, 15) is 19.2 Å². The van der Waals surface area contributed by atoms with E-state index in [1.807, 2.05) is 31.2 Å². The van der Waals surface area contributed by atoms with Crippen LogP contribution in [0, 0.1) is 5.92 Å². The number of carbonyl (C=O) groups excluding carboxylic acids is 4. The number of carbonyl (C=O) groups is 4. The van der Waals surface area contributed by atoms with Crippen LogP contribution >= 0.6 is 0 Å². The first-order valence-electron chi connectivity index (χ1n) is 13.6. The monoisotopic (exact) mass is 530 g/mol. The summed E-state index contributed by atoms with van der Waals surface area (Å²) in [5.74, 6) is -0.437. The van der Waals surface area contributed by atoms with Crippen molar-refractivity contribution in [1.29, 1.82) is 0 Å². The molecule has 2 aliphatic rings. The fourth-order valence-electron chi connectivity index (χ4n) is 5.22. The van der Waals surface area contributed by atoms with Crippen LogP contribution in [0.5, 0.6) is 5.75 Å². The van der Waals surface area contributed by atoms with Gasteiger partial charge in [-0.2, -0.15) is 0 Å². The van der Waals surface area contributed by atoms with Crippen molar-refractivity contribution in [2.45, 2.75) is 76.5 Å². The number of amides is 5. The number of methoxy groups -OCH3 is 1. The van der Waals surface area contributed by atoms with E-state index in [0.717, 1.165) is 11.3 Å². The Morgan fingerprint density at radius 1 is 1.05 bits per heavy atom. The summed E-state index contributed by atoms with van der Waals surface area (Å²) in [4.78, 5) is 53.5. The van der Waals surface area contributed by atoms with Gasteiger partial charge in [0.15, 0.2) is 0 Å². The number of ether oxygens (including phenoxy) is 1. The van der Waals surface area contributed by atoms with Crippen molar-refractivity contribution in [2.75, 3.05) is 26.7 Å². The molecule has 5 amide bonds. The maximum Gasteiger partial charge on any atom is 0.314 e. The molecular formula is C27H42N6O5. The molecule has 2 saturated heterocycles. The Bertz CT molecular complexity index is 971. The summed E-state index contributed by atoms with van der Waals surface area (Å²) in [7, 11) is 1.62. The Labute approximate surface area is 224 Å². The minimum absolute atomic E-state index is 0.0893. The molecule has 0 spiro atoms. The van der Waals surface area contributed by atoms with E-state index in [0.29, 0.717) is 51.6 Å². The fraction of sp³-hybridized carbons (Fsp3) is 0.630. The minimum atomic E-state index is -0.875. The Kier molecular flexibility index (Phi) is 10.8. The predicted octanol–water partition coefficient (Wildman–Crippen LogP) is 0.665. The molecule has 0 bridgehead atoms. The normalized spacial score (nSPS) is 23.6. The number of nitrogens with two attached hydrogens (primary N) is 1. The molecule has 0 radical (unpaired) electrons. The zero-order chi connectivity index (χ0) is 27.7. The molecule has 1 aromatic carbocycles. The molecule has 2 aliphatic heterocycles. The molecule has 2 heterocycles. The number of benzene rings is 1. The number of hydrogen-bond donors (Lipinski definition) is 5. The third-order valence-corrected chi connectivity index (χ3v) is 7.48. The number of rotatable bonds is 11. The average molecular weight is 531 g/mol. The van der Waals surface area contributed by atoms with Gasteiger partial charge in [0, 0.05) is 31.6 Å². The van der Waals surface area contributed by atoms with Crippen LogP contribution in [0.25, 0.3) is 0 Å². The summed E-state index contributed by atoms with van der Waals surface area (Å²) in [5.41, 5.74) is 7.01. The van der Waals surface area contributed by atoms with Crippen LogP contribution < -0.4 is 31.7 Å². The van der Waals surface area contributed by atoms with E-state index in [1.165, 1.54) is 0 Å². The van der Waals surface area contributed by atoms with Gasteiger partial charge >= 0.3 is 6.03 Å². The van der Waals surface area contributed by atoms with Gasteiger partial charge < -0.3 is 36.6 Å².